The molecule has 0 fully saturated rings. The summed E-state index contributed by atoms with van der Waals surface area (Å²) in [6.07, 6.45) is -4.03. The quantitative estimate of drug-likeness (QED) is 0.858. The Bertz CT molecular complexity index is 726. The van der Waals surface area contributed by atoms with E-state index in [2.05, 4.69) is 14.9 Å². The highest BCUT2D eigenvalue weighted by molar-refractivity contribution is 5.92. The molecule has 136 valence electrons. The zero-order valence-corrected chi connectivity index (χ0v) is 14.2. The van der Waals surface area contributed by atoms with Gasteiger partial charge in [0, 0.05) is 24.8 Å². The van der Waals surface area contributed by atoms with E-state index in [4.69, 9.17) is 0 Å². The Hall–Kier alpha value is -2.51. The predicted molar refractivity (Wildman–Crippen MR) is 86.1 cm³/mol. The van der Waals surface area contributed by atoms with Crippen LogP contribution in [0, 0.1) is 5.92 Å². The number of aromatic nitrogens is 2. The Kier molecular flexibility index (Phi) is 5.71. The molecule has 0 atom stereocenters. The Balaban J connectivity index is 2.10. The van der Waals surface area contributed by atoms with Crippen LogP contribution in [0.4, 0.5) is 13.2 Å². The number of carbonyl (C=O) groups is 1. The number of rotatable bonds is 6. The van der Waals surface area contributed by atoms with E-state index >= 15 is 0 Å². The van der Waals surface area contributed by atoms with E-state index in [0.29, 0.717) is 5.92 Å². The normalized spacial score (nSPS) is 11.6. The maximum absolute atomic E-state index is 12.5. The Morgan fingerprint density at radius 1 is 1.32 bits per heavy atom. The molecule has 0 spiro atoms. The molecule has 0 aliphatic rings. The molecule has 0 saturated heterocycles. The Morgan fingerprint density at radius 3 is 2.64 bits per heavy atom. The third-order valence-corrected chi connectivity index (χ3v) is 3.43. The second-order valence-corrected chi connectivity index (χ2v) is 6.19. The number of amides is 1. The van der Waals surface area contributed by atoms with Crippen molar-refractivity contribution in [3.05, 3.63) is 47.3 Å². The number of alkyl halides is 3. The van der Waals surface area contributed by atoms with Crippen LogP contribution in [0.3, 0.4) is 0 Å². The molecule has 0 aliphatic heterocycles. The maximum atomic E-state index is 12.5. The molecule has 1 aromatic carbocycles. The van der Waals surface area contributed by atoms with E-state index < -0.39 is 6.36 Å². The highest BCUT2D eigenvalue weighted by Crippen LogP contribution is 2.27. The van der Waals surface area contributed by atoms with Crippen molar-refractivity contribution < 1.29 is 22.7 Å². The predicted octanol–water partition coefficient (Wildman–Crippen LogP) is 3.78. The number of carbonyl (C=O) groups excluding carboxylic acids is 1. The van der Waals surface area contributed by atoms with E-state index in [1.54, 1.807) is 12.1 Å². The van der Waals surface area contributed by atoms with E-state index in [9.17, 15) is 18.0 Å². The maximum Gasteiger partial charge on any atom is 0.573 e. The first-order chi connectivity index (χ1) is 11.7. The number of nitrogens with one attached hydrogen (secondary N) is 1. The van der Waals surface area contributed by atoms with Crippen molar-refractivity contribution in [3.8, 4) is 5.75 Å². The molecule has 1 aromatic heterocycles. The topological polar surface area (TPSA) is 58.2 Å². The van der Waals surface area contributed by atoms with Crippen molar-refractivity contribution >= 4 is 5.91 Å². The highest BCUT2D eigenvalue weighted by atomic mass is 19.4. The number of benzene rings is 1. The highest BCUT2D eigenvalue weighted by Gasteiger charge is 2.32. The fourth-order valence-corrected chi connectivity index (χ4v) is 2.40. The molecule has 5 nitrogen and oxygen atoms in total. The summed E-state index contributed by atoms with van der Waals surface area (Å²) in [5.41, 5.74) is 1.33. The molecule has 1 N–H and O–H groups in total. The van der Waals surface area contributed by atoms with Gasteiger partial charge in [-0.25, -0.2) is 0 Å². The number of aromatic amines is 1. The molecule has 1 amide bonds. The molecule has 0 aliphatic carbocycles. The smallest absolute Gasteiger partial charge is 0.405 e. The van der Waals surface area contributed by atoms with Crippen molar-refractivity contribution in [1.29, 1.82) is 0 Å². The van der Waals surface area contributed by atoms with Crippen LogP contribution in [0.15, 0.2) is 30.3 Å². The van der Waals surface area contributed by atoms with Crippen LogP contribution < -0.4 is 4.74 Å². The lowest BCUT2D eigenvalue weighted by atomic mass is 10.1. The van der Waals surface area contributed by atoms with Crippen LogP contribution >= 0.6 is 0 Å². The van der Waals surface area contributed by atoms with Gasteiger partial charge in [-0.3, -0.25) is 9.89 Å². The minimum absolute atomic E-state index is 0.0303. The fraction of sp³-hybridized carbons (Fsp3) is 0.412. The van der Waals surface area contributed by atoms with Crippen molar-refractivity contribution in [1.82, 2.24) is 15.1 Å². The van der Waals surface area contributed by atoms with Crippen molar-refractivity contribution in [3.63, 3.8) is 0 Å². The lowest BCUT2D eigenvalue weighted by Crippen LogP contribution is -2.27. The van der Waals surface area contributed by atoms with E-state index in [1.165, 1.54) is 30.1 Å². The van der Waals surface area contributed by atoms with Crippen molar-refractivity contribution in [2.45, 2.75) is 33.2 Å². The van der Waals surface area contributed by atoms with Gasteiger partial charge in [-0.05, 0) is 24.5 Å². The van der Waals surface area contributed by atoms with Crippen LogP contribution in [0.25, 0.3) is 0 Å². The van der Waals surface area contributed by atoms with Crippen LogP contribution in [-0.2, 0) is 13.0 Å². The summed E-state index contributed by atoms with van der Waals surface area (Å²) in [4.78, 5) is 13.7. The zero-order chi connectivity index (χ0) is 18.6. The first-order valence-corrected chi connectivity index (χ1v) is 7.79. The molecule has 8 heteroatoms. The van der Waals surface area contributed by atoms with E-state index in [1.807, 2.05) is 13.8 Å². The molecule has 1 heterocycles. The molecule has 2 aromatic rings. The van der Waals surface area contributed by atoms with E-state index in [0.717, 1.165) is 12.1 Å². The van der Waals surface area contributed by atoms with Crippen LogP contribution in [0.5, 0.6) is 5.75 Å². The fourth-order valence-electron chi connectivity index (χ4n) is 2.40. The molecule has 0 unspecified atom stereocenters. The Morgan fingerprint density at radius 2 is 2.00 bits per heavy atom. The van der Waals surface area contributed by atoms with Crippen LogP contribution in [0.2, 0.25) is 0 Å². The lowest BCUT2D eigenvalue weighted by molar-refractivity contribution is -0.275. The summed E-state index contributed by atoms with van der Waals surface area (Å²) in [7, 11) is 1.50. The summed E-state index contributed by atoms with van der Waals surface area (Å²) < 4.78 is 41.4. The minimum atomic E-state index is -4.79. The second kappa shape index (κ2) is 7.58. The van der Waals surface area contributed by atoms with Gasteiger partial charge in [-0.1, -0.05) is 32.0 Å². The summed E-state index contributed by atoms with van der Waals surface area (Å²) in [5.74, 6) is -0.294. The van der Waals surface area contributed by atoms with Gasteiger partial charge in [0.2, 0.25) is 0 Å². The van der Waals surface area contributed by atoms with Gasteiger partial charge in [0.15, 0.2) is 0 Å². The summed E-state index contributed by atoms with van der Waals surface area (Å²) in [5, 5.41) is 6.79. The molecule has 2 rings (SSSR count). The number of hydrogen-bond donors (Lipinski definition) is 1. The average molecular weight is 355 g/mol. The lowest BCUT2D eigenvalue weighted by Gasteiger charge is -2.19. The largest absolute Gasteiger partial charge is 0.573 e. The summed E-state index contributed by atoms with van der Waals surface area (Å²) in [6, 6.07) is 7.40. The van der Waals surface area contributed by atoms with Crippen molar-refractivity contribution in [2.75, 3.05) is 7.05 Å². The number of halogens is 3. The van der Waals surface area contributed by atoms with Gasteiger partial charge in [0.1, 0.15) is 11.4 Å². The molecular weight excluding hydrogens is 335 g/mol. The van der Waals surface area contributed by atoms with Gasteiger partial charge < -0.3 is 9.64 Å². The molecule has 0 bridgehead atoms. The third-order valence-electron chi connectivity index (χ3n) is 3.43. The first-order valence-electron chi connectivity index (χ1n) is 7.79. The molecule has 0 saturated carbocycles. The van der Waals surface area contributed by atoms with Crippen molar-refractivity contribution in [2.24, 2.45) is 5.92 Å². The Labute approximate surface area is 143 Å². The van der Waals surface area contributed by atoms with Gasteiger partial charge in [-0.2, -0.15) is 5.10 Å². The van der Waals surface area contributed by atoms with Gasteiger partial charge in [-0.15, -0.1) is 13.2 Å². The van der Waals surface area contributed by atoms with Crippen LogP contribution in [0.1, 0.15) is 35.6 Å². The molecular formula is C17H20F3N3O2. The summed E-state index contributed by atoms with van der Waals surface area (Å²) in [6.45, 7) is 4.07. The SMILES string of the molecule is CC(C)Cc1cc(C(=O)N(C)Cc2ccccc2OC(F)(F)F)n[nH]1. The standard InChI is InChI=1S/C17H20F3N3O2/c1-11(2)8-13-9-14(22-21-13)16(24)23(3)10-12-6-4-5-7-15(12)25-17(18,19)20/h4-7,9,11H,8,10H2,1-3H3,(H,21,22). The molecule has 0 radical (unpaired) electrons. The summed E-state index contributed by atoms with van der Waals surface area (Å²) >= 11 is 0. The second-order valence-electron chi connectivity index (χ2n) is 6.19. The van der Waals surface area contributed by atoms with Gasteiger partial charge in [0.25, 0.3) is 5.91 Å². The van der Waals surface area contributed by atoms with Crippen LogP contribution in [-0.4, -0.2) is 34.4 Å². The number of nitrogens with zero attached hydrogens (tertiary/aromatic N) is 2. The monoisotopic (exact) mass is 355 g/mol. The third kappa shape index (κ3) is 5.51. The van der Waals surface area contributed by atoms with E-state index in [-0.39, 0.29) is 29.5 Å². The minimum Gasteiger partial charge on any atom is -0.405 e. The molecule has 25 heavy (non-hydrogen) atoms. The number of H-pyrrole nitrogens is 1. The number of para-hydroxylation sites is 1. The number of hydrogen-bond acceptors (Lipinski definition) is 3. The van der Waals surface area contributed by atoms with Gasteiger partial charge in [0.05, 0.1) is 0 Å². The average Bonchev–Trinajstić information content (AvgIpc) is 2.94. The first kappa shape index (κ1) is 18.8. The zero-order valence-electron chi connectivity index (χ0n) is 14.2. The number of ether oxygens (including phenoxy) is 1. The van der Waals surface area contributed by atoms with Gasteiger partial charge >= 0.3 is 6.36 Å².